The summed E-state index contributed by atoms with van der Waals surface area (Å²) < 4.78 is 75.2. The number of methoxy groups -OCH3 is 12. The maximum absolute atomic E-state index is 10.0. The van der Waals surface area contributed by atoms with Crippen LogP contribution in [0.25, 0.3) is 0 Å². The van der Waals surface area contributed by atoms with Crippen molar-refractivity contribution < 1.29 is 77.3 Å². The van der Waals surface area contributed by atoms with Gasteiger partial charge in [0.05, 0.1) is 85.3 Å². The molecule has 16 nitrogen and oxygen atoms in total. The molecule has 16 heteroatoms. The highest BCUT2D eigenvalue weighted by molar-refractivity contribution is 5.60. The van der Waals surface area contributed by atoms with Crippen LogP contribution in [0.1, 0.15) is 163 Å². The van der Waals surface area contributed by atoms with Gasteiger partial charge in [-0.05, 0) is 217 Å². The highest BCUT2D eigenvalue weighted by Gasteiger charge is 2.26. The Kier molecular flexibility index (Phi) is 27.9. The first-order valence-electron chi connectivity index (χ1n) is 34.9. The molecule has 30 rings (SSSR count). The third-order valence-electron chi connectivity index (χ3n) is 19.6. The van der Waals surface area contributed by atoms with E-state index in [1.54, 1.807) is 85.3 Å². The van der Waals surface area contributed by atoms with Crippen molar-refractivity contribution in [3.05, 3.63) is 208 Å². The summed E-state index contributed by atoms with van der Waals surface area (Å²) >= 11 is 0. The Bertz CT molecular complexity index is 3520. The largest absolute Gasteiger partial charge is 0.496 e. The molecule has 0 unspecified atom stereocenters. The molecule has 100 heavy (non-hydrogen) atoms. The molecule has 0 aromatic heterocycles. The zero-order valence-electron chi connectivity index (χ0n) is 60.9. The van der Waals surface area contributed by atoms with E-state index in [0.29, 0.717) is 123 Å². The predicted octanol–water partition coefficient (Wildman–Crippen LogP) is 14.1. The maximum Gasteiger partial charge on any atom is 0.122 e. The topological polar surface area (TPSA) is 192 Å². The van der Waals surface area contributed by atoms with Gasteiger partial charge < -0.3 is 77.3 Å². The monoisotopic (exact) mass is 1370 g/mol. The summed E-state index contributed by atoms with van der Waals surface area (Å²) in [4.78, 5) is 0. The van der Waals surface area contributed by atoms with Crippen molar-refractivity contribution in [1.29, 1.82) is 0 Å². The van der Waals surface area contributed by atoms with Crippen LogP contribution in [0.3, 0.4) is 0 Å². The molecule has 0 fully saturated rings. The molecule has 0 aliphatic heterocycles. The van der Waals surface area contributed by atoms with Crippen molar-refractivity contribution in [3.63, 3.8) is 0 Å². The minimum Gasteiger partial charge on any atom is -0.496 e. The Morgan fingerprint density at radius 3 is 0.430 bits per heavy atom. The van der Waals surface area contributed by atoms with Crippen LogP contribution in [-0.4, -0.2) is 132 Å². The van der Waals surface area contributed by atoms with Gasteiger partial charge in [0.1, 0.15) is 69.0 Å². The molecular weight excluding hydrogens is 1260 g/mol. The first kappa shape index (κ1) is 75.4. The molecule has 0 heterocycles. The fraction of sp³-hybridized carbons (Fsp3) is 0.429. The minimum absolute atomic E-state index is 0.0894. The van der Waals surface area contributed by atoms with Crippen molar-refractivity contribution in [1.82, 2.24) is 0 Å². The second-order valence-corrected chi connectivity index (χ2v) is 25.8. The first-order valence-corrected chi connectivity index (χ1v) is 34.9. The lowest BCUT2D eigenvalue weighted by atomic mass is 9.88. The van der Waals surface area contributed by atoms with Crippen LogP contribution in [-0.2, 0) is 77.0 Å². The summed E-state index contributed by atoms with van der Waals surface area (Å²) in [6.45, 7) is 0.357. The highest BCUT2D eigenvalue weighted by atomic mass is 16.5. The van der Waals surface area contributed by atoms with E-state index in [-0.39, 0.29) is 26.4 Å². The van der Waals surface area contributed by atoms with E-state index in [4.69, 9.17) is 56.8 Å². The number of aliphatic hydroxyl groups is 4. The normalized spacial score (nSPS) is 12.3. The Hall–Kier alpha value is -8.80. The van der Waals surface area contributed by atoms with Crippen LogP contribution in [0.2, 0.25) is 0 Å². The number of hydrogen-bond acceptors (Lipinski definition) is 16. The van der Waals surface area contributed by atoms with Crippen LogP contribution in [0.15, 0.2) is 97.1 Å². The average molecular weight is 1370 g/mol. The van der Waals surface area contributed by atoms with Crippen LogP contribution in [0.5, 0.6) is 69.0 Å². The molecule has 536 valence electrons. The number of aryl methyl sites for hydroxylation is 4. The van der Waals surface area contributed by atoms with E-state index in [1.807, 2.05) is 0 Å². The van der Waals surface area contributed by atoms with Crippen LogP contribution < -0.4 is 56.8 Å². The Morgan fingerprint density at radius 1 is 0.180 bits per heavy atom. The number of hydrogen-bond donors (Lipinski definition) is 4. The van der Waals surface area contributed by atoms with Gasteiger partial charge >= 0.3 is 0 Å². The molecule has 4 N–H and O–H groups in total. The zero-order valence-corrected chi connectivity index (χ0v) is 60.9. The molecule has 8 aromatic carbocycles. The molecule has 8 aromatic rings. The number of aliphatic hydroxyl groups excluding tert-OH is 4. The summed E-state index contributed by atoms with van der Waals surface area (Å²) in [6, 6.07) is 34.1. The quantitative estimate of drug-likeness (QED) is 0.0338. The van der Waals surface area contributed by atoms with Crippen molar-refractivity contribution in [2.75, 3.05) is 112 Å². The molecule has 0 spiro atoms. The van der Waals surface area contributed by atoms with Gasteiger partial charge in [0.25, 0.3) is 0 Å². The second kappa shape index (κ2) is 37.0. The summed E-state index contributed by atoms with van der Waals surface area (Å²) in [5, 5.41) is 40.1. The van der Waals surface area contributed by atoms with Gasteiger partial charge in [-0.25, -0.2) is 0 Å². The molecule has 22 aliphatic carbocycles. The predicted molar refractivity (Wildman–Crippen MR) is 393 cm³/mol. The van der Waals surface area contributed by atoms with Gasteiger partial charge in [-0.15, -0.1) is 0 Å². The standard InChI is InChI=1S/C84H104O16/c1-89-73-41-57-33-65-45-82(98-10)70(50-78(65)94-6)38-62-31-55(23-15-19-27-87)59(43-75(62)91-3)35-67-47-84(100-12)72(52-80(67)96-8)40-64-32-56(24-16-20-28-88)60(44-76(64)92-4)36-68-48-83(99-11)71(51-79(68)95-7)39-63-30-54(22-14-18-26-86)58(42-74(63)90-2)34-66-46-81(97-9)69(49-77(66)93-5)37-61(73)29-53(57)21-13-17-25-85/h29-32,41-52,85-88H,13-28,33-40H2,1-12H3. The van der Waals surface area contributed by atoms with Gasteiger partial charge in [0.15, 0.2) is 0 Å². The third-order valence-corrected chi connectivity index (χ3v) is 19.6. The molecule has 0 amide bonds. The lowest BCUT2D eigenvalue weighted by molar-refractivity contribution is 0.284. The Balaban J connectivity index is 1.22. The fourth-order valence-corrected chi connectivity index (χ4v) is 14.3. The van der Waals surface area contributed by atoms with Crippen LogP contribution in [0.4, 0.5) is 0 Å². The Morgan fingerprint density at radius 2 is 0.300 bits per heavy atom. The van der Waals surface area contributed by atoms with Crippen LogP contribution in [0, 0.1) is 0 Å². The zero-order chi connectivity index (χ0) is 71.2. The van der Waals surface area contributed by atoms with E-state index < -0.39 is 0 Å². The second-order valence-electron chi connectivity index (χ2n) is 25.8. The smallest absolute Gasteiger partial charge is 0.122 e. The van der Waals surface area contributed by atoms with Crippen LogP contribution >= 0.6 is 0 Å². The van der Waals surface area contributed by atoms with Gasteiger partial charge in [0.2, 0.25) is 0 Å². The van der Waals surface area contributed by atoms with Crippen molar-refractivity contribution in [3.8, 4) is 69.0 Å². The average Bonchev–Trinajstić information content (AvgIpc) is 0.795. The lowest BCUT2D eigenvalue weighted by Gasteiger charge is -2.22. The fourth-order valence-electron chi connectivity index (χ4n) is 14.3. The molecule has 0 radical (unpaired) electrons. The van der Waals surface area contributed by atoms with E-state index in [0.717, 1.165) is 186 Å². The number of benzene rings is 8. The molecule has 0 saturated heterocycles. The van der Waals surface area contributed by atoms with Crippen molar-refractivity contribution >= 4 is 0 Å². The van der Waals surface area contributed by atoms with Gasteiger partial charge in [-0.3, -0.25) is 0 Å². The molecule has 0 atom stereocenters. The number of unbranched alkanes of at least 4 members (excludes halogenated alkanes) is 4. The highest BCUT2D eigenvalue weighted by Crippen LogP contribution is 2.43. The summed E-state index contributed by atoms with van der Waals surface area (Å²) in [5.41, 5.74) is 20.1. The molecular formula is C84H104O16. The van der Waals surface area contributed by atoms with E-state index >= 15 is 0 Å². The Labute approximate surface area is 592 Å². The number of ether oxygens (including phenoxy) is 12. The third kappa shape index (κ3) is 18.2. The maximum atomic E-state index is 10.0. The van der Waals surface area contributed by atoms with Crippen molar-refractivity contribution in [2.45, 2.75) is 128 Å². The lowest BCUT2D eigenvalue weighted by Crippen LogP contribution is -2.07. The minimum atomic E-state index is 0.0894. The molecule has 22 aliphatic rings. The van der Waals surface area contributed by atoms with E-state index in [1.165, 1.54) is 0 Å². The van der Waals surface area contributed by atoms with Gasteiger partial charge in [0, 0.05) is 122 Å². The molecule has 16 bridgehead atoms. The summed E-state index contributed by atoms with van der Waals surface area (Å²) in [7, 11) is 20.4. The van der Waals surface area contributed by atoms with Crippen molar-refractivity contribution in [2.24, 2.45) is 0 Å². The SMILES string of the molecule is COc1cc2c(OC)cc1Cc1cc(OC)c(cc1CCCCO)Cc1cc(OC)c(cc1OC)Cc1cc(OC)c(cc1CCCCO)Cc1cc(OC)c(cc1OC)Cc1cc(OC)c(cc1CCCCO)Cc1cc(OC)c(cc1OC)Cc1cc(OC)c(cc1CCCCO)C2. The van der Waals surface area contributed by atoms with E-state index in [9.17, 15) is 20.4 Å². The van der Waals surface area contributed by atoms with Gasteiger partial charge in [-0.2, -0.15) is 0 Å². The van der Waals surface area contributed by atoms with Gasteiger partial charge in [-0.1, -0.05) is 24.3 Å². The molecule has 0 saturated carbocycles. The first-order chi connectivity index (χ1) is 48.8. The van der Waals surface area contributed by atoms with E-state index in [2.05, 4.69) is 97.1 Å². The number of rotatable bonds is 28. The summed E-state index contributed by atoms with van der Waals surface area (Å²) in [6.07, 6.45) is 12.6. The summed E-state index contributed by atoms with van der Waals surface area (Å²) in [5.74, 6) is 8.56.